The van der Waals surface area contributed by atoms with E-state index < -0.39 is 11.7 Å². The smallest absolute Gasteiger partial charge is 0.261 e. The van der Waals surface area contributed by atoms with Crippen LogP contribution in [0.2, 0.25) is 0 Å². The molecule has 39 heavy (non-hydrogen) atoms. The van der Waals surface area contributed by atoms with Gasteiger partial charge in [-0.25, -0.2) is 28.1 Å². The first-order valence-corrected chi connectivity index (χ1v) is 12.4. The Bertz CT molecular complexity index is 1850. The lowest BCUT2D eigenvalue weighted by molar-refractivity contribution is 0.0115. The number of fused-ring (bicyclic) bond motifs is 2. The van der Waals surface area contributed by atoms with Crippen LogP contribution in [0.15, 0.2) is 55.4 Å². The highest BCUT2D eigenvalue weighted by atomic mass is 19.3. The summed E-state index contributed by atoms with van der Waals surface area (Å²) in [5, 5.41) is 7.99. The molecular weight excluding hydrogens is 507 g/mol. The van der Waals surface area contributed by atoms with Crippen molar-refractivity contribution in [2.75, 3.05) is 13.1 Å². The molecule has 5 aromatic heterocycles. The van der Waals surface area contributed by atoms with Gasteiger partial charge in [0.1, 0.15) is 23.4 Å². The number of rotatable bonds is 5. The van der Waals surface area contributed by atoms with Gasteiger partial charge in [-0.05, 0) is 30.7 Å². The number of aromatic nitrogens is 8. The van der Waals surface area contributed by atoms with Gasteiger partial charge >= 0.3 is 0 Å². The summed E-state index contributed by atoms with van der Waals surface area (Å²) in [4.78, 5) is 22.8. The maximum Gasteiger partial charge on any atom is 0.261 e. The number of imidazole rings is 2. The highest BCUT2D eigenvalue weighted by Crippen LogP contribution is 2.34. The van der Waals surface area contributed by atoms with E-state index in [9.17, 15) is 8.78 Å². The van der Waals surface area contributed by atoms with E-state index in [1.54, 1.807) is 42.0 Å². The van der Waals surface area contributed by atoms with E-state index in [1.165, 1.54) is 6.07 Å². The number of aromatic amines is 2. The third kappa shape index (κ3) is 4.22. The fraction of sp³-hybridized carbons (Fsp3) is 0.222. The Morgan fingerprint density at radius 2 is 2.00 bits per heavy atom. The van der Waals surface area contributed by atoms with Gasteiger partial charge in [-0.15, -0.1) is 0 Å². The molecule has 196 valence electrons. The number of halogens is 3. The monoisotopic (exact) mass is 529 g/mol. The number of hydrogen-bond donors (Lipinski definition) is 2. The minimum absolute atomic E-state index is 0.157. The molecule has 0 amide bonds. The maximum absolute atomic E-state index is 15.2. The predicted molar refractivity (Wildman–Crippen MR) is 139 cm³/mol. The lowest BCUT2D eigenvalue weighted by Gasteiger charge is -2.16. The van der Waals surface area contributed by atoms with Crippen molar-refractivity contribution in [1.29, 1.82) is 0 Å². The van der Waals surface area contributed by atoms with Crippen LogP contribution in [0.1, 0.15) is 17.7 Å². The van der Waals surface area contributed by atoms with E-state index in [1.807, 2.05) is 23.8 Å². The second kappa shape index (κ2) is 8.73. The molecule has 0 atom stereocenters. The van der Waals surface area contributed by atoms with Gasteiger partial charge < -0.3 is 4.98 Å². The number of H-pyrrole nitrogens is 2. The quantitative estimate of drug-likeness (QED) is 0.324. The summed E-state index contributed by atoms with van der Waals surface area (Å²) in [5.74, 6) is -2.00. The lowest BCUT2D eigenvalue weighted by Crippen LogP contribution is -2.24. The van der Waals surface area contributed by atoms with Crippen LogP contribution in [0.5, 0.6) is 0 Å². The lowest BCUT2D eigenvalue weighted by atomic mass is 10.0. The van der Waals surface area contributed by atoms with Crippen molar-refractivity contribution in [3.63, 3.8) is 0 Å². The number of nitrogens with zero attached hydrogens (tertiary/aromatic N) is 7. The molecule has 1 saturated heterocycles. The first kappa shape index (κ1) is 23.5. The second-order valence-electron chi connectivity index (χ2n) is 9.89. The molecule has 6 heterocycles. The highest BCUT2D eigenvalue weighted by Gasteiger charge is 2.37. The first-order chi connectivity index (χ1) is 18.8. The average Bonchev–Trinajstić information content (AvgIpc) is 3.69. The van der Waals surface area contributed by atoms with Gasteiger partial charge in [-0.3, -0.25) is 19.5 Å². The fourth-order valence-corrected chi connectivity index (χ4v) is 5.12. The number of aryl methyl sites for hydroxylation is 1. The minimum Gasteiger partial charge on any atom is -0.336 e. The Balaban J connectivity index is 1.27. The Morgan fingerprint density at radius 3 is 2.79 bits per heavy atom. The molecular formula is C27H22F3N9. The van der Waals surface area contributed by atoms with Crippen LogP contribution < -0.4 is 0 Å². The Labute approximate surface area is 219 Å². The van der Waals surface area contributed by atoms with Crippen LogP contribution in [-0.2, 0) is 6.54 Å². The molecule has 1 aromatic carbocycles. The van der Waals surface area contributed by atoms with E-state index >= 15 is 4.39 Å². The largest absolute Gasteiger partial charge is 0.336 e. The zero-order chi connectivity index (χ0) is 26.7. The second-order valence-corrected chi connectivity index (χ2v) is 9.89. The van der Waals surface area contributed by atoms with E-state index in [-0.39, 0.29) is 13.0 Å². The van der Waals surface area contributed by atoms with E-state index in [0.29, 0.717) is 58.0 Å². The van der Waals surface area contributed by atoms with Gasteiger partial charge in [-0.1, -0.05) is 0 Å². The van der Waals surface area contributed by atoms with Crippen LogP contribution in [0, 0.1) is 12.7 Å². The van der Waals surface area contributed by atoms with E-state index in [4.69, 9.17) is 4.98 Å². The molecule has 0 spiro atoms. The molecule has 9 nitrogen and oxygen atoms in total. The van der Waals surface area contributed by atoms with Crippen molar-refractivity contribution in [1.82, 2.24) is 44.6 Å². The Kier molecular flexibility index (Phi) is 5.27. The summed E-state index contributed by atoms with van der Waals surface area (Å²) in [6.45, 7) is 2.24. The summed E-state index contributed by atoms with van der Waals surface area (Å²) in [7, 11) is 0. The first-order valence-electron chi connectivity index (χ1n) is 12.4. The molecule has 2 N–H and O–H groups in total. The molecule has 7 rings (SSSR count). The topological polar surface area (TPSA) is 104 Å². The zero-order valence-corrected chi connectivity index (χ0v) is 20.8. The van der Waals surface area contributed by atoms with Crippen LogP contribution in [0.4, 0.5) is 13.2 Å². The minimum atomic E-state index is -2.68. The van der Waals surface area contributed by atoms with Gasteiger partial charge in [-0.2, -0.15) is 5.10 Å². The SMILES string of the molecule is Cc1cn(-c2nccc3[nH]c(-c4n[nH]c5cc(F)c(-c6cncc(CN7CCC(F)(F)C7)c6)cc45)nc23)cn1. The third-order valence-electron chi connectivity index (χ3n) is 6.97. The van der Waals surface area contributed by atoms with Crippen LogP contribution in [0.3, 0.4) is 0 Å². The highest BCUT2D eigenvalue weighted by molar-refractivity contribution is 5.96. The third-order valence-corrected chi connectivity index (χ3v) is 6.97. The van der Waals surface area contributed by atoms with Gasteiger partial charge in [0.25, 0.3) is 5.92 Å². The molecule has 0 aliphatic carbocycles. The van der Waals surface area contributed by atoms with Crippen molar-refractivity contribution < 1.29 is 13.2 Å². The number of nitrogens with one attached hydrogen (secondary N) is 2. The molecule has 0 saturated carbocycles. The van der Waals surface area contributed by atoms with Gasteiger partial charge in [0.2, 0.25) is 0 Å². The van der Waals surface area contributed by atoms with Gasteiger partial charge in [0.15, 0.2) is 11.6 Å². The van der Waals surface area contributed by atoms with Gasteiger partial charge in [0.05, 0.1) is 23.3 Å². The molecule has 0 bridgehead atoms. The molecule has 12 heteroatoms. The Morgan fingerprint density at radius 1 is 1.10 bits per heavy atom. The molecule has 0 radical (unpaired) electrons. The number of alkyl halides is 2. The fourth-order valence-electron chi connectivity index (χ4n) is 5.12. The summed E-state index contributed by atoms with van der Waals surface area (Å²) < 4.78 is 44.3. The maximum atomic E-state index is 15.2. The standard InChI is InChI=1S/C27H22F3N9/c1-15-11-39(14-33-15)26-24-21(2-4-32-26)34-25(35-24)23-19-7-18(20(28)8-22(19)36-37-23)17-6-16(9-31-10-17)12-38-5-3-27(29,30)13-38/h2,4,6-11,14H,3,5,12-13H2,1H3,(H,34,35)(H,36,37). The summed E-state index contributed by atoms with van der Waals surface area (Å²) in [6, 6.07) is 6.71. The normalized spacial score (nSPS) is 15.6. The number of benzene rings is 1. The van der Waals surface area contributed by atoms with Gasteiger partial charge in [0, 0.05) is 66.9 Å². The Hall–Kier alpha value is -4.58. The van der Waals surface area contributed by atoms with Crippen LogP contribution in [-0.4, -0.2) is 63.6 Å². The molecule has 0 unspecified atom stereocenters. The van der Waals surface area contributed by atoms with Crippen LogP contribution in [0.25, 0.3) is 50.4 Å². The van der Waals surface area contributed by atoms with E-state index in [2.05, 4.69) is 30.1 Å². The van der Waals surface area contributed by atoms with Crippen molar-refractivity contribution in [2.24, 2.45) is 0 Å². The van der Waals surface area contributed by atoms with Crippen molar-refractivity contribution in [3.05, 3.63) is 72.5 Å². The van der Waals surface area contributed by atoms with Crippen LogP contribution >= 0.6 is 0 Å². The number of hydrogen-bond acceptors (Lipinski definition) is 6. The molecule has 1 aliphatic rings. The number of likely N-dealkylation sites (tertiary alicyclic amines) is 1. The molecule has 6 aromatic rings. The van der Waals surface area contributed by atoms with Crippen molar-refractivity contribution in [2.45, 2.75) is 25.8 Å². The molecule has 1 fully saturated rings. The summed E-state index contributed by atoms with van der Waals surface area (Å²) in [5.41, 5.74) is 4.93. The predicted octanol–water partition coefficient (Wildman–Crippen LogP) is 5.04. The summed E-state index contributed by atoms with van der Waals surface area (Å²) in [6.07, 6.45) is 8.28. The summed E-state index contributed by atoms with van der Waals surface area (Å²) >= 11 is 0. The molecule has 1 aliphatic heterocycles. The average molecular weight is 530 g/mol. The van der Waals surface area contributed by atoms with E-state index in [0.717, 1.165) is 16.8 Å². The number of pyridine rings is 2. The van der Waals surface area contributed by atoms with Crippen molar-refractivity contribution in [3.8, 4) is 28.5 Å². The van der Waals surface area contributed by atoms with Crippen molar-refractivity contribution >= 4 is 21.9 Å². The zero-order valence-electron chi connectivity index (χ0n) is 20.8.